The van der Waals surface area contributed by atoms with Crippen molar-refractivity contribution in [3.63, 3.8) is 0 Å². The maximum absolute atomic E-state index is 13.2. The standard InChI is InChI=1S/C30H46FN3O5/c1-19(2)22(14-21-8-10-27(38-6)28(15-21)39-13-7-12-37-5)16-25(32)26(35)17-24(20(3)4)30(36)34-29-11-9-23(31)18-33-29/h8-11,15,18-20,22,24-26,35H,7,12-14,16-17,32H2,1-6H3,(H,33,34,36). The molecule has 1 aromatic heterocycles. The lowest BCUT2D eigenvalue weighted by Gasteiger charge is -2.30. The van der Waals surface area contributed by atoms with Crippen LogP contribution in [-0.4, -0.2) is 55.6 Å². The number of hydrogen-bond acceptors (Lipinski definition) is 7. The number of methoxy groups -OCH3 is 2. The van der Waals surface area contributed by atoms with Gasteiger partial charge in [-0.05, 0) is 66.8 Å². The Labute approximate surface area is 232 Å². The normalized spacial score (nSPS) is 14.6. The summed E-state index contributed by atoms with van der Waals surface area (Å²) in [6, 6.07) is 8.10. The molecule has 1 aromatic carbocycles. The first-order valence-electron chi connectivity index (χ1n) is 13.7. The molecule has 0 aliphatic carbocycles. The van der Waals surface area contributed by atoms with Crippen molar-refractivity contribution in [2.24, 2.45) is 29.4 Å². The maximum Gasteiger partial charge on any atom is 0.228 e. The number of aliphatic hydroxyl groups is 1. The maximum atomic E-state index is 13.2. The first kappa shape index (κ1) is 32.5. The second kappa shape index (κ2) is 16.4. The van der Waals surface area contributed by atoms with Gasteiger partial charge in [0.1, 0.15) is 11.6 Å². The van der Waals surface area contributed by atoms with Gasteiger partial charge >= 0.3 is 0 Å². The molecule has 4 N–H and O–H groups in total. The topological polar surface area (TPSA) is 116 Å². The average molecular weight is 548 g/mol. The minimum absolute atomic E-state index is 0.0326. The number of amides is 1. The number of carbonyl (C=O) groups excluding carboxylic acids is 1. The molecule has 0 saturated carbocycles. The number of carbonyl (C=O) groups is 1. The quantitative estimate of drug-likeness (QED) is 0.243. The summed E-state index contributed by atoms with van der Waals surface area (Å²) < 4.78 is 29.7. The number of benzene rings is 1. The van der Waals surface area contributed by atoms with Crippen molar-refractivity contribution in [1.82, 2.24) is 4.98 Å². The van der Waals surface area contributed by atoms with E-state index >= 15 is 0 Å². The lowest BCUT2D eigenvalue weighted by molar-refractivity contribution is -0.122. The average Bonchev–Trinajstić information content (AvgIpc) is 2.90. The van der Waals surface area contributed by atoms with Gasteiger partial charge in [-0.15, -0.1) is 0 Å². The van der Waals surface area contributed by atoms with E-state index in [1.807, 2.05) is 32.0 Å². The van der Waals surface area contributed by atoms with Gasteiger partial charge in [0.05, 0.1) is 26.0 Å². The predicted octanol–water partition coefficient (Wildman–Crippen LogP) is 4.84. The van der Waals surface area contributed by atoms with Crippen LogP contribution in [-0.2, 0) is 16.0 Å². The Morgan fingerprint density at radius 1 is 1.05 bits per heavy atom. The van der Waals surface area contributed by atoms with Crippen LogP contribution >= 0.6 is 0 Å². The van der Waals surface area contributed by atoms with E-state index in [0.29, 0.717) is 37.1 Å². The smallest absolute Gasteiger partial charge is 0.228 e. The largest absolute Gasteiger partial charge is 0.493 e. The van der Waals surface area contributed by atoms with Gasteiger partial charge in [-0.3, -0.25) is 4.79 Å². The summed E-state index contributed by atoms with van der Waals surface area (Å²) >= 11 is 0. The Morgan fingerprint density at radius 3 is 2.38 bits per heavy atom. The Bertz CT molecular complexity index is 1000. The highest BCUT2D eigenvalue weighted by molar-refractivity contribution is 5.91. The molecule has 0 aliphatic heterocycles. The molecule has 218 valence electrons. The molecule has 8 nitrogen and oxygen atoms in total. The lowest BCUT2D eigenvalue weighted by atomic mass is 9.81. The highest BCUT2D eigenvalue weighted by Crippen LogP contribution is 2.32. The zero-order valence-electron chi connectivity index (χ0n) is 24.2. The van der Waals surface area contributed by atoms with Crippen molar-refractivity contribution < 1.29 is 28.5 Å². The molecule has 4 unspecified atom stereocenters. The van der Waals surface area contributed by atoms with Gasteiger partial charge in [0.25, 0.3) is 0 Å². The van der Waals surface area contributed by atoms with Gasteiger partial charge in [-0.1, -0.05) is 33.8 Å². The van der Waals surface area contributed by atoms with Crippen LogP contribution < -0.4 is 20.5 Å². The molecule has 1 heterocycles. The van der Waals surface area contributed by atoms with Gasteiger partial charge in [-0.25, -0.2) is 9.37 Å². The van der Waals surface area contributed by atoms with Crippen molar-refractivity contribution in [1.29, 1.82) is 0 Å². The monoisotopic (exact) mass is 547 g/mol. The fourth-order valence-corrected chi connectivity index (χ4v) is 4.53. The molecule has 0 fully saturated rings. The Balaban J connectivity index is 2.04. The van der Waals surface area contributed by atoms with Crippen LogP contribution in [0.15, 0.2) is 36.5 Å². The van der Waals surface area contributed by atoms with Crippen molar-refractivity contribution in [3.05, 3.63) is 47.9 Å². The molecule has 4 atom stereocenters. The van der Waals surface area contributed by atoms with E-state index in [9.17, 15) is 14.3 Å². The van der Waals surface area contributed by atoms with Crippen molar-refractivity contribution >= 4 is 11.7 Å². The van der Waals surface area contributed by atoms with Crippen LogP contribution in [0.5, 0.6) is 11.5 Å². The number of ether oxygens (including phenoxy) is 3. The number of pyridine rings is 1. The number of halogens is 1. The molecule has 0 radical (unpaired) electrons. The predicted molar refractivity (Wildman–Crippen MR) is 151 cm³/mol. The second-order valence-corrected chi connectivity index (χ2v) is 10.8. The van der Waals surface area contributed by atoms with Crippen molar-refractivity contribution in [2.45, 2.75) is 65.5 Å². The summed E-state index contributed by atoms with van der Waals surface area (Å²) in [7, 11) is 3.29. The zero-order valence-corrected chi connectivity index (χ0v) is 24.2. The van der Waals surface area contributed by atoms with Crippen LogP contribution in [0.2, 0.25) is 0 Å². The fraction of sp³-hybridized carbons (Fsp3) is 0.600. The zero-order chi connectivity index (χ0) is 28.9. The second-order valence-electron chi connectivity index (χ2n) is 10.8. The van der Waals surface area contributed by atoms with Crippen LogP contribution in [0.3, 0.4) is 0 Å². The number of nitrogens with zero attached hydrogens (tertiary/aromatic N) is 1. The van der Waals surface area contributed by atoms with Crippen molar-refractivity contribution in [2.75, 3.05) is 32.8 Å². The molecule has 2 rings (SSSR count). The number of nitrogens with two attached hydrogens (primary N) is 1. The van der Waals surface area contributed by atoms with Gasteiger partial charge in [0.15, 0.2) is 11.5 Å². The van der Waals surface area contributed by atoms with Crippen molar-refractivity contribution in [3.8, 4) is 11.5 Å². The van der Waals surface area contributed by atoms with Gasteiger partial charge in [0.2, 0.25) is 5.91 Å². The van der Waals surface area contributed by atoms with E-state index in [1.54, 1.807) is 14.2 Å². The highest BCUT2D eigenvalue weighted by Gasteiger charge is 2.30. The minimum Gasteiger partial charge on any atom is -0.493 e. The van der Waals surface area contributed by atoms with Crippen LogP contribution in [0, 0.1) is 29.5 Å². The third kappa shape index (κ3) is 10.7. The van der Waals surface area contributed by atoms with E-state index in [-0.39, 0.29) is 30.0 Å². The lowest BCUT2D eigenvalue weighted by Crippen LogP contribution is -2.41. The molecule has 39 heavy (non-hydrogen) atoms. The minimum atomic E-state index is -0.860. The number of anilines is 1. The van der Waals surface area contributed by atoms with E-state index < -0.39 is 23.9 Å². The summed E-state index contributed by atoms with van der Waals surface area (Å²) in [6.45, 7) is 9.30. The molecule has 1 amide bonds. The molecular formula is C30H46FN3O5. The Kier molecular flexibility index (Phi) is 13.6. The van der Waals surface area contributed by atoms with E-state index in [4.69, 9.17) is 19.9 Å². The summed E-state index contributed by atoms with van der Waals surface area (Å²) in [6.07, 6.45) is 2.55. The molecule has 9 heteroatoms. The number of hydrogen-bond donors (Lipinski definition) is 3. The summed E-state index contributed by atoms with van der Waals surface area (Å²) in [5.41, 5.74) is 7.61. The van der Waals surface area contributed by atoms with Crippen LogP contribution in [0.1, 0.15) is 52.5 Å². The fourth-order valence-electron chi connectivity index (χ4n) is 4.53. The number of aliphatic hydroxyl groups excluding tert-OH is 1. The van der Waals surface area contributed by atoms with Gasteiger partial charge in [0, 0.05) is 32.1 Å². The van der Waals surface area contributed by atoms with E-state index in [2.05, 4.69) is 24.1 Å². The molecule has 0 bridgehead atoms. The van der Waals surface area contributed by atoms with Crippen LogP contribution in [0.25, 0.3) is 0 Å². The number of nitrogens with one attached hydrogen (secondary N) is 1. The first-order valence-corrected chi connectivity index (χ1v) is 13.7. The third-order valence-corrected chi connectivity index (χ3v) is 7.10. The van der Waals surface area contributed by atoms with Gasteiger partial charge in [-0.2, -0.15) is 0 Å². The number of rotatable bonds is 17. The third-order valence-electron chi connectivity index (χ3n) is 7.10. The SMILES string of the molecule is COCCCOc1cc(CC(CC(N)C(O)CC(C(=O)Nc2ccc(F)cn2)C(C)C)C(C)C)ccc1OC. The first-order chi connectivity index (χ1) is 18.5. The summed E-state index contributed by atoms with van der Waals surface area (Å²) in [5, 5.41) is 13.7. The van der Waals surface area contributed by atoms with Crippen LogP contribution in [0.4, 0.5) is 10.2 Å². The number of aromatic nitrogens is 1. The summed E-state index contributed by atoms with van der Waals surface area (Å²) in [4.78, 5) is 16.8. The highest BCUT2D eigenvalue weighted by atomic mass is 19.1. The molecule has 0 saturated heterocycles. The molecular weight excluding hydrogens is 501 g/mol. The molecule has 2 aromatic rings. The Morgan fingerprint density at radius 2 is 1.79 bits per heavy atom. The molecule has 0 aliphatic rings. The summed E-state index contributed by atoms with van der Waals surface area (Å²) in [5.74, 6) is 0.917. The van der Waals surface area contributed by atoms with E-state index in [1.165, 1.54) is 12.1 Å². The van der Waals surface area contributed by atoms with Gasteiger partial charge < -0.3 is 30.4 Å². The Hall–Kier alpha value is -2.75. The molecule has 0 spiro atoms. The van der Waals surface area contributed by atoms with E-state index in [0.717, 1.165) is 24.6 Å².